The van der Waals surface area contributed by atoms with Gasteiger partial charge in [0.25, 0.3) is 0 Å². The third kappa shape index (κ3) is 3.36. The van der Waals surface area contributed by atoms with Crippen molar-refractivity contribution in [3.8, 4) is 0 Å². The first-order chi connectivity index (χ1) is 9.45. The van der Waals surface area contributed by atoms with Crippen molar-refractivity contribution < 1.29 is 13.6 Å². The molecule has 0 aliphatic rings. The highest BCUT2D eigenvalue weighted by molar-refractivity contribution is 6.34. The third-order valence-corrected chi connectivity index (χ3v) is 2.75. The molecular weight excluding hydrogens is 288 g/mol. The van der Waals surface area contributed by atoms with Crippen LogP contribution in [0.3, 0.4) is 0 Å². The van der Waals surface area contributed by atoms with E-state index in [0.29, 0.717) is 11.8 Å². The molecule has 0 spiro atoms. The molecule has 0 aromatic heterocycles. The number of nitrogen functional groups attached to an aromatic ring is 1. The number of hydrogen-bond donors (Lipinski definition) is 3. The molecule has 0 radical (unpaired) electrons. The van der Waals surface area contributed by atoms with Crippen LogP contribution in [0.2, 0.25) is 5.02 Å². The number of benzene rings is 2. The van der Waals surface area contributed by atoms with Gasteiger partial charge in [0.15, 0.2) is 0 Å². The second kappa shape index (κ2) is 5.75. The normalized spacial score (nSPS) is 10.2. The summed E-state index contributed by atoms with van der Waals surface area (Å²) >= 11 is 5.87. The van der Waals surface area contributed by atoms with Crippen LogP contribution in [0.5, 0.6) is 0 Å². The first-order valence-corrected chi connectivity index (χ1v) is 5.91. The predicted octanol–water partition coefficient (Wildman–Crippen LogP) is 3.84. The number of anilines is 3. The van der Waals surface area contributed by atoms with Crippen molar-refractivity contribution in [3.63, 3.8) is 0 Å². The average molecular weight is 298 g/mol. The summed E-state index contributed by atoms with van der Waals surface area (Å²) in [5.41, 5.74) is 6.11. The number of halogens is 3. The maximum Gasteiger partial charge on any atom is 0.323 e. The second-order valence-electron chi connectivity index (χ2n) is 3.94. The molecule has 2 aromatic rings. The molecule has 2 amide bonds. The van der Waals surface area contributed by atoms with Crippen molar-refractivity contribution in [2.45, 2.75) is 0 Å². The van der Waals surface area contributed by atoms with Crippen LogP contribution in [0.1, 0.15) is 0 Å². The molecule has 0 atom stereocenters. The predicted molar refractivity (Wildman–Crippen MR) is 74.9 cm³/mol. The lowest BCUT2D eigenvalue weighted by molar-refractivity contribution is 0.262. The van der Waals surface area contributed by atoms with Crippen molar-refractivity contribution in [2.24, 2.45) is 0 Å². The van der Waals surface area contributed by atoms with E-state index in [4.69, 9.17) is 17.3 Å². The fraction of sp³-hybridized carbons (Fsp3) is 0. The van der Waals surface area contributed by atoms with E-state index in [1.807, 2.05) is 0 Å². The molecule has 0 aliphatic carbocycles. The number of rotatable bonds is 2. The lowest BCUT2D eigenvalue weighted by atomic mass is 10.3. The van der Waals surface area contributed by atoms with Gasteiger partial charge >= 0.3 is 6.03 Å². The first-order valence-electron chi connectivity index (χ1n) is 5.54. The van der Waals surface area contributed by atoms with Gasteiger partial charge in [0.05, 0.1) is 16.4 Å². The van der Waals surface area contributed by atoms with Crippen LogP contribution in [-0.4, -0.2) is 6.03 Å². The number of nitrogens with two attached hydrogens (primary N) is 1. The zero-order chi connectivity index (χ0) is 14.7. The Bertz CT molecular complexity index is 664. The SMILES string of the molecule is Nc1ccc(Cl)c(NC(=O)Nc2ccc(F)cc2F)c1. The molecular formula is C13H10ClF2N3O. The van der Waals surface area contributed by atoms with Crippen LogP contribution in [0.4, 0.5) is 30.6 Å². The summed E-state index contributed by atoms with van der Waals surface area (Å²) in [6.07, 6.45) is 0. The van der Waals surface area contributed by atoms with Gasteiger partial charge in [-0.2, -0.15) is 0 Å². The summed E-state index contributed by atoms with van der Waals surface area (Å²) in [6, 6.07) is 6.66. The minimum absolute atomic E-state index is 0.149. The van der Waals surface area contributed by atoms with Gasteiger partial charge in [-0.25, -0.2) is 13.6 Å². The van der Waals surface area contributed by atoms with Crippen molar-refractivity contribution in [2.75, 3.05) is 16.4 Å². The maximum atomic E-state index is 13.4. The fourth-order valence-electron chi connectivity index (χ4n) is 1.51. The molecule has 4 nitrogen and oxygen atoms in total. The van der Waals surface area contributed by atoms with E-state index in [9.17, 15) is 13.6 Å². The topological polar surface area (TPSA) is 67.1 Å². The van der Waals surface area contributed by atoms with Crippen LogP contribution in [0, 0.1) is 11.6 Å². The molecule has 2 rings (SSSR count). The van der Waals surface area contributed by atoms with Gasteiger partial charge in [0.2, 0.25) is 0 Å². The number of urea groups is 1. The maximum absolute atomic E-state index is 13.4. The molecule has 0 saturated carbocycles. The van der Waals surface area contributed by atoms with Gasteiger partial charge < -0.3 is 16.4 Å². The number of hydrogen-bond acceptors (Lipinski definition) is 2. The number of nitrogens with one attached hydrogen (secondary N) is 2. The number of carbonyl (C=O) groups excluding carboxylic acids is 1. The van der Waals surface area contributed by atoms with Gasteiger partial charge in [-0.15, -0.1) is 0 Å². The molecule has 0 heterocycles. The van der Waals surface area contributed by atoms with Crippen molar-refractivity contribution in [3.05, 3.63) is 53.1 Å². The molecule has 2 aromatic carbocycles. The molecule has 4 N–H and O–H groups in total. The molecule has 0 fully saturated rings. The van der Waals surface area contributed by atoms with Crippen molar-refractivity contribution in [1.82, 2.24) is 0 Å². The fourth-order valence-corrected chi connectivity index (χ4v) is 1.67. The Morgan fingerprint density at radius 3 is 2.45 bits per heavy atom. The minimum atomic E-state index is -0.876. The molecule has 0 saturated heterocycles. The number of amides is 2. The molecule has 0 bridgehead atoms. The summed E-state index contributed by atoms with van der Waals surface area (Å²) < 4.78 is 26.1. The molecule has 0 unspecified atom stereocenters. The summed E-state index contributed by atoms with van der Waals surface area (Å²) in [7, 11) is 0. The Labute approximate surface area is 118 Å². The van der Waals surface area contributed by atoms with Gasteiger partial charge in [-0.3, -0.25) is 0 Å². The van der Waals surface area contributed by atoms with E-state index in [1.165, 1.54) is 12.1 Å². The largest absolute Gasteiger partial charge is 0.399 e. The minimum Gasteiger partial charge on any atom is -0.399 e. The third-order valence-electron chi connectivity index (χ3n) is 2.42. The summed E-state index contributed by atoms with van der Waals surface area (Å²) in [5, 5.41) is 4.95. The Hall–Kier alpha value is -2.34. The van der Waals surface area contributed by atoms with E-state index >= 15 is 0 Å². The molecule has 7 heteroatoms. The highest BCUT2D eigenvalue weighted by Crippen LogP contribution is 2.24. The lowest BCUT2D eigenvalue weighted by Gasteiger charge is -2.10. The summed E-state index contributed by atoms with van der Waals surface area (Å²) in [6.45, 7) is 0. The molecule has 0 aliphatic heterocycles. The van der Waals surface area contributed by atoms with E-state index in [2.05, 4.69) is 10.6 Å². The molecule has 104 valence electrons. The molecule has 20 heavy (non-hydrogen) atoms. The lowest BCUT2D eigenvalue weighted by Crippen LogP contribution is -2.20. The Morgan fingerprint density at radius 2 is 1.75 bits per heavy atom. The van der Waals surface area contributed by atoms with Crippen molar-refractivity contribution in [1.29, 1.82) is 0 Å². The highest BCUT2D eigenvalue weighted by atomic mass is 35.5. The van der Waals surface area contributed by atoms with Crippen LogP contribution in [0.15, 0.2) is 36.4 Å². The van der Waals surface area contributed by atoms with Crippen LogP contribution in [-0.2, 0) is 0 Å². The second-order valence-corrected chi connectivity index (χ2v) is 4.35. The van der Waals surface area contributed by atoms with Crippen LogP contribution >= 0.6 is 11.6 Å². The van der Waals surface area contributed by atoms with Gasteiger partial charge in [-0.1, -0.05) is 11.6 Å². The Balaban J connectivity index is 2.11. The van der Waals surface area contributed by atoms with E-state index < -0.39 is 17.7 Å². The summed E-state index contributed by atoms with van der Waals surface area (Å²) in [5.74, 6) is -1.61. The van der Waals surface area contributed by atoms with E-state index in [1.54, 1.807) is 6.07 Å². The monoisotopic (exact) mass is 297 g/mol. The summed E-state index contributed by atoms with van der Waals surface area (Å²) in [4.78, 5) is 11.7. The van der Waals surface area contributed by atoms with Crippen molar-refractivity contribution >= 4 is 34.7 Å². The average Bonchev–Trinajstić information content (AvgIpc) is 2.37. The van der Waals surface area contributed by atoms with Crippen LogP contribution in [0.25, 0.3) is 0 Å². The van der Waals surface area contributed by atoms with Gasteiger partial charge in [0.1, 0.15) is 11.6 Å². The van der Waals surface area contributed by atoms with Gasteiger partial charge in [0, 0.05) is 11.8 Å². The van der Waals surface area contributed by atoms with Crippen LogP contribution < -0.4 is 16.4 Å². The zero-order valence-electron chi connectivity index (χ0n) is 10.1. The zero-order valence-corrected chi connectivity index (χ0v) is 10.8. The smallest absolute Gasteiger partial charge is 0.323 e. The quantitative estimate of drug-likeness (QED) is 0.737. The Morgan fingerprint density at radius 1 is 1.05 bits per heavy atom. The van der Waals surface area contributed by atoms with Gasteiger partial charge in [-0.05, 0) is 30.3 Å². The first kappa shape index (κ1) is 14.1. The van der Waals surface area contributed by atoms with E-state index in [0.717, 1.165) is 12.1 Å². The van der Waals surface area contributed by atoms with E-state index in [-0.39, 0.29) is 16.4 Å². The number of carbonyl (C=O) groups is 1. The Kier molecular flexibility index (Phi) is 4.05. The highest BCUT2D eigenvalue weighted by Gasteiger charge is 2.09. The standard InChI is InChI=1S/C13H10ClF2N3O/c14-9-3-2-8(17)6-12(9)19-13(20)18-11-4-1-7(15)5-10(11)16/h1-6H,17H2,(H2,18,19,20).